The van der Waals surface area contributed by atoms with Crippen LogP contribution >= 0.6 is 11.6 Å². The Bertz CT molecular complexity index is 861. The number of aromatic nitrogens is 1. The molecule has 0 bridgehead atoms. The second-order valence-corrected chi connectivity index (χ2v) is 8.77. The van der Waals surface area contributed by atoms with E-state index in [2.05, 4.69) is 15.6 Å². The molecule has 0 unspecified atom stereocenters. The maximum absolute atomic E-state index is 14.3. The second kappa shape index (κ2) is 9.26. The number of aliphatic hydroxyl groups is 1. The lowest BCUT2D eigenvalue weighted by Gasteiger charge is -2.36. The fourth-order valence-corrected chi connectivity index (χ4v) is 4.04. The zero-order chi connectivity index (χ0) is 21.0. The quantitative estimate of drug-likeness (QED) is 0.455. The SMILES string of the molecule is CC(C)(O)[C@H]1CC[C@H](NC(=O)c2cnc3cc(NCCCCl)c(F)cc3c2)CC1. The average Bonchev–Trinajstić information content (AvgIpc) is 2.68. The van der Waals surface area contributed by atoms with Gasteiger partial charge in [-0.1, -0.05) is 0 Å². The second-order valence-electron chi connectivity index (χ2n) is 8.39. The highest BCUT2D eigenvalue weighted by molar-refractivity contribution is 6.17. The maximum atomic E-state index is 14.3. The van der Waals surface area contributed by atoms with Gasteiger partial charge in [0.1, 0.15) is 5.82 Å². The molecule has 0 saturated heterocycles. The van der Waals surface area contributed by atoms with Gasteiger partial charge in [0.25, 0.3) is 5.91 Å². The van der Waals surface area contributed by atoms with Crippen molar-refractivity contribution in [2.24, 2.45) is 5.92 Å². The number of nitrogens with one attached hydrogen (secondary N) is 2. The minimum Gasteiger partial charge on any atom is -0.390 e. The van der Waals surface area contributed by atoms with Crippen molar-refractivity contribution < 1.29 is 14.3 Å². The fraction of sp³-hybridized carbons (Fsp3) is 0.545. The Morgan fingerprint density at radius 3 is 2.66 bits per heavy atom. The summed E-state index contributed by atoms with van der Waals surface area (Å²) in [4.78, 5) is 17.0. The molecule has 1 fully saturated rings. The standard InChI is InChI=1S/C22H29ClFN3O2/c1-22(2,29)16-4-6-17(7-5-16)27-21(28)15-10-14-11-18(24)20(25-9-3-8-23)12-19(14)26-13-15/h10-13,16-17,25,29H,3-9H2,1-2H3,(H,27,28)/t16-,17-. The fourth-order valence-electron chi connectivity index (χ4n) is 3.91. The summed E-state index contributed by atoms with van der Waals surface area (Å²) in [6.07, 6.45) is 5.72. The summed E-state index contributed by atoms with van der Waals surface area (Å²) < 4.78 is 14.3. The lowest BCUT2D eigenvalue weighted by molar-refractivity contribution is -0.00257. The highest BCUT2D eigenvalue weighted by Crippen LogP contribution is 2.32. The van der Waals surface area contributed by atoms with Gasteiger partial charge in [0, 0.05) is 30.0 Å². The summed E-state index contributed by atoms with van der Waals surface area (Å²) in [5.41, 5.74) is 0.751. The molecule has 1 aromatic heterocycles. The number of pyridine rings is 1. The number of carbonyl (C=O) groups excluding carboxylic acids is 1. The number of rotatable bonds is 7. The Balaban J connectivity index is 1.65. The Labute approximate surface area is 176 Å². The molecule has 5 nitrogen and oxygen atoms in total. The molecule has 7 heteroatoms. The molecule has 3 N–H and O–H groups in total. The van der Waals surface area contributed by atoms with Crippen LogP contribution in [0.25, 0.3) is 10.9 Å². The van der Waals surface area contributed by atoms with Crippen LogP contribution in [-0.2, 0) is 0 Å². The summed E-state index contributed by atoms with van der Waals surface area (Å²) >= 11 is 5.65. The van der Waals surface area contributed by atoms with E-state index in [0.717, 1.165) is 32.1 Å². The van der Waals surface area contributed by atoms with Crippen LogP contribution in [0.3, 0.4) is 0 Å². The highest BCUT2D eigenvalue weighted by atomic mass is 35.5. The van der Waals surface area contributed by atoms with Crippen molar-refractivity contribution in [1.29, 1.82) is 0 Å². The van der Waals surface area contributed by atoms with Crippen molar-refractivity contribution in [3.63, 3.8) is 0 Å². The van der Waals surface area contributed by atoms with Crippen molar-refractivity contribution in [2.45, 2.75) is 57.6 Å². The van der Waals surface area contributed by atoms with Crippen molar-refractivity contribution in [1.82, 2.24) is 10.3 Å². The summed E-state index contributed by atoms with van der Waals surface area (Å²) in [7, 11) is 0. The van der Waals surface area contributed by atoms with Crippen LogP contribution in [0.1, 0.15) is 56.3 Å². The molecular formula is C22H29ClFN3O2. The lowest BCUT2D eigenvalue weighted by Crippen LogP contribution is -2.41. The molecule has 0 spiro atoms. The van der Waals surface area contributed by atoms with E-state index < -0.39 is 5.60 Å². The molecule has 1 aromatic carbocycles. The number of hydrogen-bond donors (Lipinski definition) is 3. The van der Waals surface area contributed by atoms with E-state index >= 15 is 0 Å². The molecule has 1 amide bonds. The number of nitrogens with zero attached hydrogens (tertiary/aromatic N) is 1. The third-order valence-corrected chi connectivity index (χ3v) is 5.99. The molecule has 0 radical (unpaired) electrons. The first-order chi connectivity index (χ1) is 13.8. The summed E-state index contributed by atoms with van der Waals surface area (Å²) in [6, 6.07) is 4.81. The van der Waals surface area contributed by atoms with Gasteiger partial charge in [0.15, 0.2) is 0 Å². The van der Waals surface area contributed by atoms with E-state index in [0.29, 0.717) is 34.6 Å². The van der Waals surface area contributed by atoms with Gasteiger partial charge in [-0.25, -0.2) is 4.39 Å². The van der Waals surface area contributed by atoms with Crippen LogP contribution in [0.4, 0.5) is 10.1 Å². The molecule has 0 atom stereocenters. The van der Waals surface area contributed by atoms with E-state index in [1.807, 2.05) is 13.8 Å². The van der Waals surface area contributed by atoms with Crippen LogP contribution in [-0.4, -0.2) is 40.1 Å². The van der Waals surface area contributed by atoms with Gasteiger partial charge in [0.05, 0.1) is 22.4 Å². The molecule has 0 aliphatic heterocycles. The first-order valence-electron chi connectivity index (χ1n) is 10.2. The Morgan fingerprint density at radius 1 is 1.28 bits per heavy atom. The van der Waals surface area contributed by atoms with Gasteiger partial charge in [-0.05, 0) is 70.1 Å². The average molecular weight is 422 g/mol. The molecule has 158 valence electrons. The zero-order valence-corrected chi connectivity index (χ0v) is 17.7. The largest absolute Gasteiger partial charge is 0.390 e. The number of fused-ring (bicyclic) bond motifs is 1. The molecule has 1 saturated carbocycles. The van der Waals surface area contributed by atoms with Crippen molar-refractivity contribution in [2.75, 3.05) is 17.7 Å². The number of amides is 1. The van der Waals surface area contributed by atoms with E-state index in [-0.39, 0.29) is 23.7 Å². The summed E-state index contributed by atoms with van der Waals surface area (Å²) in [5, 5.41) is 16.8. The van der Waals surface area contributed by atoms with Crippen LogP contribution in [0.5, 0.6) is 0 Å². The molecule has 3 rings (SSSR count). The van der Waals surface area contributed by atoms with Crippen molar-refractivity contribution >= 4 is 34.1 Å². The molecule has 1 aliphatic rings. The number of benzene rings is 1. The first kappa shape index (κ1) is 21.8. The predicted octanol–water partition coefficient (Wildman–Crippen LogP) is 4.47. The zero-order valence-electron chi connectivity index (χ0n) is 17.0. The number of anilines is 1. The van der Waals surface area contributed by atoms with Crippen LogP contribution in [0.2, 0.25) is 0 Å². The molecule has 2 aromatic rings. The van der Waals surface area contributed by atoms with E-state index in [4.69, 9.17) is 11.6 Å². The Kier molecular flexibility index (Phi) is 6.96. The van der Waals surface area contributed by atoms with E-state index in [1.165, 1.54) is 12.3 Å². The van der Waals surface area contributed by atoms with E-state index in [9.17, 15) is 14.3 Å². The smallest absolute Gasteiger partial charge is 0.253 e. The monoisotopic (exact) mass is 421 g/mol. The van der Waals surface area contributed by atoms with Crippen LogP contribution < -0.4 is 10.6 Å². The third-order valence-electron chi connectivity index (χ3n) is 5.72. The lowest BCUT2D eigenvalue weighted by atomic mass is 9.77. The number of halogens is 2. The summed E-state index contributed by atoms with van der Waals surface area (Å²) in [6.45, 7) is 4.27. The number of hydrogen-bond acceptors (Lipinski definition) is 4. The normalized spacial score (nSPS) is 19.9. The highest BCUT2D eigenvalue weighted by Gasteiger charge is 2.31. The van der Waals surface area contributed by atoms with Gasteiger partial charge >= 0.3 is 0 Å². The third kappa shape index (κ3) is 5.58. The molecule has 29 heavy (non-hydrogen) atoms. The minimum atomic E-state index is -0.682. The first-order valence-corrected chi connectivity index (χ1v) is 10.7. The molecule has 1 aliphatic carbocycles. The maximum Gasteiger partial charge on any atom is 0.253 e. The van der Waals surface area contributed by atoms with Gasteiger partial charge in [-0.3, -0.25) is 9.78 Å². The van der Waals surface area contributed by atoms with Gasteiger partial charge in [-0.2, -0.15) is 0 Å². The minimum absolute atomic E-state index is 0.0852. The van der Waals surface area contributed by atoms with Gasteiger partial charge < -0.3 is 15.7 Å². The van der Waals surface area contributed by atoms with Crippen LogP contribution in [0, 0.1) is 11.7 Å². The van der Waals surface area contributed by atoms with Crippen molar-refractivity contribution in [3.8, 4) is 0 Å². The topological polar surface area (TPSA) is 74.2 Å². The Hall–Kier alpha value is -1.92. The summed E-state index contributed by atoms with van der Waals surface area (Å²) in [5.74, 6) is 0.193. The molecular weight excluding hydrogens is 393 g/mol. The molecule has 1 heterocycles. The van der Waals surface area contributed by atoms with Crippen molar-refractivity contribution in [3.05, 3.63) is 35.8 Å². The van der Waals surface area contributed by atoms with Gasteiger partial charge in [0.2, 0.25) is 0 Å². The van der Waals surface area contributed by atoms with E-state index in [1.54, 1.807) is 12.1 Å². The number of carbonyl (C=O) groups is 1. The Morgan fingerprint density at radius 2 is 2.00 bits per heavy atom. The van der Waals surface area contributed by atoms with Gasteiger partial charge in [-0.15, -0.1) is 11.6 Å². The predicted molar refractivity (Wildman–Crippen MR) is 115 cm³/mol. The number of alkyl halides is 1. The van der Waals surface area contributed by atoms with Crippen LogP contribution in [0.15, 0.2) is 24.4 Å².